The fourth-order valence-corrected chi connectivity index (χ4v) is 2.02. The first-order valence-corrected chi connectivity index (χ1v) is 6.88. The van der Waals surface area contributed by atoms with Crippen molar-refractivity contribution < 1.29 is 0 Å². The molecule has 0 aromatic carbocycles. The van der Waals surface area contributed by atoms with Crippen molar-refractivity contribution in [2.45, 2.75) is 33.7 Å². The molecule has 1 N–H and O–H groups in total. The molecule has 0 fully saturated rings. The average Bonchev–Trinajstić information content (AvgIpc) is 2.71. The quantitative estimate of drug-likeness (QED) is 0.855. The summed E-state index contributed by atoms with van der Waals surface area (Å²) in [5.74, 6) is 0. The van der Waals surface area contributed by atoms with E-state index in [0.29, 0.717) is 5.02 Å². The Morgan fingerprint density at radius 2 is 2.16 bits per heavy atom. The summed E-state index contributed by atoms with van der Waals surface area (Å²) in [7, 11) is 0. The van der Waals surface area contributed by atoms with E-state index in [1.165, 1.54) is 0 Å². The molecule has 2 rings (SSSR count). The minimum Gasteiger partial charge on any atom is -0.313 e. The molecule has 0 saturated carbocycles. The highest BCUT2D eigenvalue weighted by Gasteiger charge is 2.09. The Balaban J connectivity index is 2.34. The molecule has 5 heteroatoms. The second-order valence-electron chi connectivity index (χ2n) is 4.64. The highest BCUT2D eigenvalue weighted by atomic mass is 35.5. The molecular weight excluding hydrogens is 260 g/mol. The van der Waals surface area contributed by atoms with Gasteiger partial charge in [-0.2, -0.15) is 5.10 Å². The minimum atomic E-state index is 0.682. The fourth-order valence-electron chi connectivity index (χ4n) is 1.89. The standard InChI is InChI=1S/C14H19ClN4/c1-4-5-16-7-12-8-17-10(2)6-14(12)19-9-13(15)11(3)18-19/h6,8-9,16H,4-5,7H2,1-3H3. The van der Waals surface area contributed by atoms with E-state index in [0.717, 1.165) is 42.1 Å². The summed E-state index contributed by atoms with van der Waals surface area (Å²) in [6.07, 6.45) is 4.86. The topological polar surface area (TPSA) is 42.7 Å². The van der Waals surface area contributed by atoms with E-state index >= 15 is 0 Å². The van der Waals surface area contributed by atoms with Gasteiger partial charge in [0.2, 0.25) is 0 Å². The summed E-state index contributed by atoms with van der Waals surface area (Å²) in [4.78, 5) is 4.36. The molecular formula is C14H19ClN4. The zero-order chi connectivity index (χ0) is 13.8. The molecule has 19 heavy (non-hydrogen) atoms. The molecule has 102 valence electrons. The molecule has 0 aliphatic rings. The van der Waals surface area contributed by atoms with Gasteiger partial charge in [-0.15, -0.1) is 0 Å². The fraction of sp³-hybridized carbons (Fsp3) is 0.429. The van der Waals surface area contributed by atoms with E-state index in [9.17, 15) is 0 Å². The maximum atomic E-state index is 6.08. The predicted octanol–water partition coefficient (Wildman–Crippen LogP) is 3.04. The largest absolute Gasteiger partial charge is 0.313 e. The predicted molar refractivity (Wildman–Crippen MR) is 77.8 cm³/mol. The summed E-state index contributed by atoms with van der Waals surface area (Å²) >= 11 is 6.08. The number of hydrogen-bond acceptors (Lipinski definition) is 3. The van der Waals surface area contributed by atoms with Crippen LogP contribution < -0.4 is 5.32 Å². The van der Waals surface area contributed by atoms with Crippen molar-refractivity contribution in [3.63, 3.8) is 0 Å². The minimum absolute atomic E-state index is 0.682. The third-order valence-electron chi connectivity index (χ3n) is 2.93. The van der Waals surface area contributed by atoms with Crippen LogP contribution in [0.1, 0.15) is 30.3 Å². The van der Waals surface area contributed by atoms with Crippen LogP contribution in [0.3, 0.4) is 0 Å². The Morgan fingerprint density at radius 1 is 1.37 bits per heavy atom. The van der Waals surface area contributed by atoms with Gasteiger partial charge in [0.15, 0.2) is 0 Å². The lowest BCUT2D eigenvalue weighted by Gasteiger charge is -2.10. The first-order valence-electron chi connectivity index (χ1n) is 6.50. The molecule has 2 aromatic rings. The van der Waals surface area contributed by atoms with Crippen LogP contribution in [-0.4, -0.2) is 21.3 Å². The van der Waals surface area contributed by atoms with Gasteiger partial charge < -0.3 is 5.32 Å². The molecule has 0 saturated heterocycles. The van der Waals surface area contributed by atoms with Gasteiger partial charge in [0.25, 0.3) is 0 Å². The third-order valence-corrected chi connectivity index (χ3v) is 3.30. The Labute approximate surface area is 118 Å². The number of hydrogen-bond donors (Lipinski definition) is 1. The zero-order valence-electron chi connectivity index (χ0n) is 11.6. The summed E-state index contributed by atoms with van der Waals surface area (Å²) < 4.78 is 1.83. The smallest absolute Gasteiger partial charge is 0.0819 e. The highest BCUT2D eigenvalue weighted by Crippen LogP contribution is 2.19. The normalized spacial score (nSPS) is 10.9. The van der Waals surface area contributed by atoms with E-state index in [-0.39, 0.29) is 0 Å². The maximum absolute atomic E-state index is 6.08. The number of rotatable bonds is 5. The molecule has 0 unspecified atom stereocenters. The van der Waals surface area contributed by atoms with Crippen LogP contribution in [-0.2, 0) is 6.54 Å². The number of aromatic nitrogens is 3. The van der Waals surface area contributed by atoms with Gasteiger partial charge in [-0.3, -0.25) is 4.98 Å². The van der Waals surface area contributed by atoms with Crippen molar-refractivity contribution in [2.24, 2.45) is 0 Å². The van der Waals surface area contributed by atoms with Crippen LogP contribution in [0.5, 0.6) is 0 Å². The molecule has 0 aliphatic heterocycles. The average molecular weight is 279 g/mol. The van der Waals surface area contributed by atoms with Crippen LogP contribution in [0.4, 0.5) is 0 Å². The van der Waals surface area contributed by atoms with Gasteiger partial charge in [0, 0.05) is 30.2 Å². The molecule has 0 radical (unpaired) electrons. The summed E-state index contributed by atoms with van der Waals surface area (Å²) in [6, 6.07) is 2.03. The number of halogens is 1. The molecule has 2 heterocycles. The van der Waals surface area contributed by atoms with Crippen LogP contribution in [0.2, 0.25) is 5.02 Å². The van der Waals surface area contributed by atoms with Crippen LogP contribution in [0.15, 0.2) is 18.5 Å². The summed E-state index contributed by atoms with van der Waals surface area (Å²) in [5.41, 5.74) is 3.96. The molecule has 2 aromatic heterocycles. The Morgan fingerprint density at radius 3 is 2.79 bits per heavy atom. The van der Waals surface area contributed by atoms with Crippen molar-refractivity contribution in [2.75, 3.05) is 6.54 Å². The molecule has 0 amide bonds. The van der Waals surface area contributed by atoms with Gasteiger partial charge >= 0.3 is 0 Å². The summed E-state index contributed by atoms with van der Waals surface area (Å²) in [6.45, 7) is 7.81. The molecule has 0 atom stereocenters. The first kappa shape index (κ1) is 14.0. The van der Waals surface area contributed by atoms with Gasteiger partial charge in [-0.1, -0.05) is 18.5 Å². The van der Waals surface area contributed by atoms with Gasteiger partial charge in [0.05, 0.1) is 16.4 Å². The zero-order valence-corrected chi connectivity index (χ0v) is 12.3. The van der Waals surface area contributed by atoms with Crippen LogP contribution in [0, 0.1) is 13.8 Å². The van der Waals surface area contributed by atoms with Crippen molar-refractivity contribution in [3.8, 4) is 5.69 Å². The molecule has 4 nitrogen and oxygen atoms in total. The van der Waals surface area contributed by atoms with Gasteiger partial charge in [-0.25, -0.2) is 4.68 Å². The number of nitrogens with one attached hydrogen (secondary N) is 1. The number of nitrogens with zero attached hydrogens (tertiary/aromatic N) is 3. The lowest BCUT2D eigenvalue weighted by Crippen LogP contribution is -2.16. The first-order chi connectivity index (χ1) is 9.11. The van der Waals surface area contributed by atoms with Crippen molar-refractivity contribution in [3.05, 3.63) is 40.4 Å². The maximum Gasteiger partial charge on any atom is 0.0819 e. The van der Waals surface area contributed by atoms with E-state index in [1.54, 1.807) is 0 Å². The number of aryl methyl sites for hydroxylation is 2. The Bertz CT molecular complexity index is 543. The van der Waals surface area contributed by atoms with E-state index < -0.39 is 0 Å². The van der Waals surface area contributed by atoms with E-state index in [2.05, 4.69) is 22.3 Å². The van der Waals surface area contributed by atoms with Crippen molar-refractivity contribution >= 4 is 11.6 Å². The summed E-state index contributed by atoms with van der Waals surface area (Å²) in [5, 5.41) is 8.51. The highest BCUT2D eigenvalue weighted by molar-refractivity contribution is 6.31. The Kier molecular flexibility index (Phi) is 4.56. The monoisotopic (exact) mass is 278 g/mol. The Hall–Kier alpha value is -1.39. The molecule has 0 bridgehead atoms. The lowest BCUT2D eigenvalue weighted by atomic mass is 10.2. The van der Waals surface area contributed by atoms with E-state index in [4.69, 9.17) is 11.6 Å². The van der Waals surface area contributed by atoms with Gasteiger partial charge in [-0.05, 0) is 32.9 Å². The number of pyridine rings is 1. The molecule has 0 aliphatic carbocycles. The second kappa shape index (κ2) is 6.17. The lowest BCUT2D eigenvalue weighted by molar-refractivity contribution is 0.667. The SMILES string of the molecule is CCCNCc1cnc(C)cc1-n1cc(Cl)c(C)n1. The van der Waals surface area contributed by atoms with Crippen molar-refractivity contribution in [1.29, 1.82) is 0 Å². The molecule has 0 spiro atoms. The van der Waals surface area contributed by atoms with Crippen LogP contribution >= 0.6 is 11.6 Å². The second-order valence-corrected chi connectivity index (χ2v) is 5.05. The van der Waals surface area contributed by atoms with Crippen LogP contribution in [0.25, 0.3) is 5.69 Å². The third kappa shape index (κ3) is 3.33. The van der Waals surface area contributed by atoms with E-state index in [1.807, 2.05) is 37.0 Å². The van der Waals surface area contributed by atoms with Crippen molar-refractivity contribution in [1.82, 2.24) is 20.1 Å². The van der Waals surface area contributed by atoms with Gasteiger partial charge in [0.1, 0.15) is 0 Å².